The van der Waals surface area contributed by atoms with E-state index in [4.69, 9.17) is 0 Å². The molecule has 2 nitrogen and oxygen atoms in total. The molecule has 15 heavy (non-hydrogen) atoms. The number of hydrogen-bond donors (Lipinski definition) is 2. The number of aliphatic hydroxyl groups excluding tert-OH is 1. The summed E-state index contributed by atoms with van der Waals surface area (Å²) in [5, 5.41) is 13.4. The lowest BCUT2D eigenvalue weighted by atomic mass is 9.90. The Labute approximate surface area is 97.8 Å². The summed E-state index contributed by atoms with van der Waals surface area (Å²) in [5.41, 5.74) is 2.77. The minimum absolute atomic E-state index is 0.316. The lowest BCUT2D eigenvalue weighted by molar-refractivity contribution is 0.178. The Kier molecular flexibility index (Phi) is 2.16. The number of β-amino-alcohol motifs (C(OH)–C–C–N with tert-alkyl or cyclic N) is 1. The number of nitrogens with one attached hydrogen (secondary N) is 1. The zero-order valence-corrected chi connectivity index (χ0v) is 10.0. The summed E-state index contributed by atoms with van der Waals surface area (Å²) in [6.45, 7) is 1.68. The normalized spacial score (nSPS) is 27.2. The van der Waals surface area contributed by atoms with Gasteiger partial charge in [0.15, 0.2) is 0 Å². The van der Waals surface area contributed by atoms with E-state index in [2.05, 4.69) is 33.4 Å². The van der Waals surface area contributed by atoms with E-state index in [0.717, 1.165) is 16.6 Å². The SMILES string of the molecule is OC1CNCC2(CC2)c2cc(Br)ccc21. The van der Waals surface area contributed by atoms with Crippen molar-refractivity contribution in [2.75, 3.05) is 13.1 Å². The average Bonchev–Trinajstić information content (AvgIpc) is 2.99. The molecule has 3 rings (SSSR count). The molecule has 1 aromatic carbocycles. The standard InChI is InChI=1S/C12H14BrNO/c13-8-1-2-9-10(5-8)12(3-4-12)7-14-6-11(9)15/h1-2,5,11,14-15H,3-4,6-7H2. The van der Waals surface area contributed by atoms with Crippen molar-refractivity contribution in [3.63, 3.8) is 0 Å². The van der Waals surface area contributed by atoms with Crippen LogP contribution in [0.1, 0.15) is 30.1 Å². The molecule has 2 aliphatic rings. The van der Waals surface area contributed by atoms with Gasteiger partial charge in [-0.1, -0.05) is 22.0 Å². The topological polar surface area (TPSA) is 32.3 Å². The third-order valence-corrected chi connectivity index (χ3v) is 4.09. The predicted octanol–water partition coefficient (Wildman–Crippen LogP) is 2.12. The number of rotatable bonds is 0. The van der Waals surface area contributed by atoms with Crippen molar-refractivity contribution in [3.05, 3.63) is 33.8 Å². The van der Waals surface area contributed by atoms with Gasteiger partial charge in [0, 0.05) is 23.0 Å². The predicted molar refractivity (Wildman–Crippen MR) is 62.9 cm³/mol. The Morgan fingerprint density at radius 3 is 2.93 bits per heavy atom. The Bertz CT molecular complexity index is 401. The van der Waals surface area contributed by atoms with Crippen LogP contribution in [0.3, 0.4) is 0 Å². The second kappa shape index (κ2) is 3.30. The van der Waals surface area contributed by atoms with Gasteiger partial charge in [-0.3, -0.25) is 0 Å². The fraction of sp³-hybridized carbons (Fsp3) is 0.500. The number of aliphatic hydroxyl groups is 1. The molecule has 3 heteroatoms. The van der Waals surface area contributed by atoms with Gasteiger partial charge in [0.25, 0.3) is 0 Å². The quantitative estimate of drug-likeness (QED) is 0.755. The van der Waals surface area contributed by atoms with E-state index in [1.165, 1.54) is 18.4 Å². The number of benzene rings is 1. The molecule has 1 unspecified atom stereocenters. The highest BCUT2D eigenvalue weighted by Gasteiger charge is 2.47. The minimum Gasteiger partial charge on any atom is -0.387 e. The zero-order chi connectivity index (χ0) is 10.5. The lowest BCUT2D eigenvalue weighted by Crippen LogP contribution is -2.25. The minimum atomic E-state index is -0.354. The van der Waals surface area contributed by atoms with Gasteiger partial charge in [-0.15, -0.1) is 0 Å². The number of hydrogen-bond acceptors (Lipinski definition) is 2. The molecule has 1 heterocycles. The van der Waals surface area contributed by atoms with Crippen LogP contribution in [0.4, 0.5) is 0 Å². The number of fused-ring (bicyclic) bond motifs is 2. The monoisotopic (exact) mass is 267 g/mol. The van der Waals surface area contributed by atoms with Crippen molar-refractivity contribution in [2.45, 2.75) is 24.4 Å². The van der Waals surface area contributed by atoms with Gasteiger partial charge >= 0.3 is 0 Å². The van der Waals surface area contributed by atoms with Crippen LogP contribution in [0.15, 0.2) is 22.7 Å². The van der Waals surface area contributed by atoms with E-state index >= 15 is 0 Å². The third-order valence-electron chi connectivity index (χ3n) is 3.60. The first kappa shape index (κ1) is 9.82. The molecule has 0 amide bonds. The Morgan fingerprint density at radius 1 is 1.40 bits per heavy atom. The molecule has 1 fully saturated rings. The first-order valence-electron chi connectivity index (χ1n) is 5.40. The van der Waals surface area contributed by atoms with Crippen molar-refractivity contribution < 1.29 is 5.11 Å². The van der Waals surface area contributed by atoms with Crippen LogP contribution in [-0.2, 0) is 5.41 Å². The maximum absolute atomic E-state index is 10.0. The molecule has 1 spiro atoms. The smallest absolute Gasteiger partial charge is 0.0917 e. The van der Waals surface area contributed by atoms with Crippen LogP contribution in [0.25, 0.3) is 0 Å². The summed E-state index contributed by atoms with van der Waals surface area (Å²) < 4.78 is 1.11. The zero-order valence-electron chi connectivity index (χ0n) is 8.46. The molecule has 2 N–H and O–H groups in total. The van der Waals surface area contributed by atoms with E-state index in [9.17, 15) is 5.11 Å². The molecule has 0 bridgehead atoms. The first-order valence-corrected chi connectivity index (χ1v) is 6.19. The summed E-state index contributed by atoms with van der Waals surface area (Å²) in [6.07, 6.45) is 2.14. The van der Waals surface area contributed by atoms with Gasteiger partial charge in [-0.2, -0.15) is 0 Å². The Balaban J connectivity index is 2.15. The van der Waals surface area contributed by atoms with Crippen LogP contribution in [0.5, 0.6) is 0 Å². The fourth-order valence-corrected chi connectivity index (χ4v) is 2.89. The molecule has 1 aliphatic heterocycles. The summed E-state index contributed by atoms with van der Waals surface area (Å²) >= 11 is 3.51. The Morgan fingerprint density at radius 2 is 2.20 bits per heavy atom. The summed E-state index contributed by atoms with van der Waals surface area (Å²) in [6, 6.07) is 6.25. The van der Waals surface area contributed by atoms with Gasteiger partial charge in [-0.25, -0.2) is 0 Å². The van der Waals surface area contributed by atoms with Crippen LogP contribution in [0.2, 0.25) is 0 Å². The van der Waals surface area contributed by atoms with Crippen molar-refractivity contribution in [1.29, 1.82) is 0 Å². The average molecular weight is 268 g/mol. The van der Waals surface area contributed by atoms with Crippen molar-refractivity contribution in [1.82, 2.24) is 5.32 Å². The maximum atomic E-state index is 10.0. The van der Waals surface area contributed by atoms with E-state index < -0.39 is 0 Å². The van der Waals surface area contributed by atoms with E-state index in [-0.39, 0.29) is 6.10 Å². The van der Waals surface area contributed by atoms with Gasteiger partial charge in [-0.05, 0) is 36.1 Å². The van der Waals surface area contributed by atoms with Crippen LogP contribution < -0.4 is 5.32 Å². The van der Waals surface area contributed by atoms with Crippen LogP contribution in [0, 0.1) is 0 Å². The molecule has 1 aromatic rings. The third kappa shape index (κ3) is 1.53. The van der Waals surface area contributed by atoms with E-state index in [1.807, 2.05) is 6.07 Å². The van der Waals surface area contributed by atoms with Crippen molar-refractivity contribution >= 4 is 15.9 Å². The molecule has 1 saturated carbocycles. The molecule has 0 saturated heterocycles. The van der Waals surface area contributed by atoms with Crippen LogP contribution in [-0.4, -0.2) is 18.2 Å². The second-order valence-electron chi connectivity index (χ2n) is 4.66. The van der Waals surface area contributed by atoms with Crippen molar-refractivity contribution in [2.24, 2.45) is 0 Å². The maximum Gasteiger partial charge on any atom is 0.0917 e. The first-order chi connectivity index (χ1) is 7.21. The molecule has 0 radical (unpaired) electrons. The largest absolute Gasteiger partial charge is 0.387 e. The van der Waals surface area contributed by atoms with E-state index in [0.29, 0.717) is 12.0 Å². The molecular formula is C12H14BrNO. The summed E-state index contributed by atoms with van der Waals surface area (Å²) in [7, 11) is 0. The molecular weight excluding hydrogens is 254 g/mol. The van der Waals surface area contributed by atoms with Gasteiger partial charge in [0.2, 0.25) is 0 Å². The lowest BCUT2D eigenvalue weighted by Gasteiger charge is -2.17. The number of halogens is 1. The van der Waals surface area contributed by atoms with Gasteiger partial charge in [0.05, 0.1) is 6.10 Å². The van der Waals surface area contributed by atoms with Crippen LogP contribution >= 0.6 is 15.9 Å². The van der Waals surface area contributed by atoms with Crippen molar-refractivity contribution in [3.8, 4) is 0 Å². The fourth-order valence-electron chi connectivity index (χ4n) is 2.53. The summed E-state index contributed by atoms with van der Waals surface area (Å²) in [4.78, 5) is 0. The molecule has 1 atom stereocenters. The van der Waals surface area contributed by atoms with Gasteiger partial charge in [0.1, 0.15) is 0 Å². The highest BCUT2D eigenvalue weighted by molar-refractivity contribution is 9.10. The molecule has 80 valence electrons. The second-order valence-corrected chi connectivity index (χ2v) is 5.57. The van der Waals surface area contributed by atoms with Gasteiger partial charge < -0.3 is 10.4 Å². The van der Waals surface area contributed by atoms with E-state index in [1.54, 1.807) is 0 Å². The highest BCUT2D eigenvalue weighted by Crippen LogP contribution is 2.51. The molecule has 0 aromatic heterocycles. The summed E-state index contributed by atoms with van der Waals surface area (Å²) in [5.74, 6) is 0. The molecule has 1 aliphatic carbocycles. The Hall–Kier alpha value is -0.380. The highest BCUT2D eigenvalue weighted by atomic mass is 79.9.